The Balaban J connectivity index is 2.77. The van der Waals surface area contributed by atoms with Crippen LogP contribution in [-0.4, -0.2) is 19.0 Å². The molecule has 28 heavy (non-hydrogen) atoms. The van der Waals surface area contributed by atoms with Gasteiger partial charge in [0.2, 0.25) is 0 Å². The van der Waals surface area contributed by atoms with Crippen molar-refractivity contribution in [1.82, 2.24) is 0 Å². The molecule has 0 spiro atoms. The van der Waals surface area contributed by atoms with Crippen molar-refractivity contribution in [2.45, 2.75) is 86.0 Å². The molecule has 0 saturated heterocycles. The lowest BCUT2D eigenvalue weighted by molar-refractivity contribution is 0.0805. The zero-order valence-electron chi connectivity index (χ0n) is 19.5. The third-order valence-electron chi connectivity index (χ3n) is 4.86. The minimum absolute atomic E-state index is 0.00227. The molecule has 0 radical (unpaired) electrons. The maximum Gasteiger partial charge on any atom is 0.188 e. The summed E-state index contributed by atoms with van der Waals surface area (Å²) in [6.45, 7) is 20.1. The van der Waals surface area contributed by atoms with E-state index in [1.165, 1.54) is 22.3 Å². The van der Waals surface area contributed by atoms with Gasteiger partial charge < -0.3 is 4.74 Å². The Morgan fingerprint density at radius 2 is 1.43 bits per heavy atom. The molecule has 0 aliphatic carbocycles. The van der Waals surface area contributed by atoms with Gasteiger partial charge in [-0.2, -0.15) is 0 Å². The summed E-state index contributed by atoms with van der Waals surface area (Å²) >= 11 is 0. The summed E-state index contributed by atoms with van der Waals surface area (Å²) in [4.78, 5) is 12.7. The van der Waals surface area contributed by atoms with Crippen LogP contribution in [0, 0.1) is 0 Å². The van der Waals surface area contributed by atoms with Gasteiger partial charge in [0, 0.05) is 5.56 Å². The van der Waals surface area contributed by atoms with Crippen LogP contribution in [0.15, 0.2) is 41.5 Å². The first-order valence-electron chi connectivity index (χ1n) is 10.4. The number of benzene rings is 1. The lowest BCUT2D eigenvalue weighted by atomic mass is 9.79. The lowest BCUT2D eigenvalue weighted by Gasteiger charge is -2.26. The molecule has 1 rings (SSSR count). The average Bonchev–Trinajstić information content (AvgIpc) is 2.56. The van der Waals surface area contributed by atoms with Gasteiger partial charge in [-0.05, 0) is 67.7 Å². The first kappa shape index (κ1) is 24.4. The van der Waals surface area contributed by atoms with Crippen LogP contribution in [0.5, 0.6) is 0 Å². The second kappa shape index (κ2) is 10.2. The highest BCUT2D eigenvalue weighted by Gasteiger charge is 2.22. The summed E-state index contributed by atoms with van der Waals surface area (Å²) in [5, 5.41) is 0. The molecular weight excluding hydrogens is 344 g/mol. The van der Waals surface area contributed by atoms with Crippen LogP contribution in [0.4, 0.5) is 0 Å². The summed E-state index contributed by atoms with van der Waals surface area (Å²) in [5.74, 6) is 0.0483. The van der Waals surface area contributed by atoms with Gasteiger partial charge in [0.1, 0.15) is 6.61 Å². The number of hydrogen-bond donors (Lipinski definition) is 0. The van der Waals surface area contributed by atoms with Gasteiger partial charge in [-0.15, -0.1) is 0 Å². The van der Waals surface area contributed by atoms with Crippen LogP contribution >= 0.6 is 0 Å². The molecule has 0 heterocycles. The van der Waals surface area contributed by atoms with Gasteiger partial charge in [-0.25, -0.2) is 0 Å². The molecule has 0 aliphatic rings. The first-order valence-corrected chi connectivity index (χ1v) is 10.4. The number of hydrogen-bond acceptors (Lipinski definition) is 2. The fourth-order valence-electron chi connectivity index (χ4n) is 2.78. The summed E-state index contributed by atoms with van der Waals surface area (Å²) in [5.41, 5.74) is 5.79. The van der Waals surface area contributed by atoms with Crippen molar-refractivity contribution >= 4 is 5.78 Å². The summed E-state index contributed by atoms with van der Waals surface area (Å²) in [6.07, 6.45) is 6.42. The first-order chi connectivity index (χ1) is 12.8. The van der Waals surface area contributed by atoms with E-state index in [2.05, 4.69) is 80.5 Å². The van der Waals surface area contributed by atoms with Crippen molar-refractivity contribution in [1.29, 1.82) is 0 Å². The Morgan fingerprint density at radius 1 is 0.893 bits per heavy atom. The number of carbonyl (C=O) groups excluding carboxylic acids is 1. The highest BCUT2D eigenvalue weighted by molar-refractivity contribution is 5.97. The van der Waals surface area contributed by atoms with E-state index < -0.39 is 0 Å². The van der Waals surface area contributed by atoms with Crippen LogP contribution in [0.2, 0.25) is 0 Å². The van der Waals surface area contributed by atoms with Crippen molar-refractivity contribution in [2.75, 3.05) is 13.2 Å². The van der Waals surface area contributed by atoms with E-state index in [-0.39, 0.29) is 23.2 Å². The second-order valence-electron chi connectivity index (χ2n) is 10.1. The van der Waals surface area contributed by atoms with E-state index in [0.717, 1.165) is 18.4 Å². The fraction of sp³-hybridized carbons (Fsp3) is 0.577. The van der Waals surface area contributed by atoms with E-state index in [1.54, 1.807) is 0 Å². The Bertz CT molecular complexity index is 686. The second-order valence-corrected chi connectivity index (χ2v) is 10.1. The molecule has 1 aromatic rings. The van der Waals surface area contributed by atoms with Gasteiger partial charge in [-0.3, -0.25) is 4.79 Å². The predicted molar refractivity (Wildman–Crippen MR) is 121 cm³/mol. The topological polar surface area (TPSA) is 26.3 Å². The third-order valence-corrected chi connectivity index (χ3v) is 4.86. The Labute approximate surface area is 173 Å². The molecule has 0 fully saturated rings. The van der Waals surface area contributed by atoms with Crippen molar-refractivity contribution < 1.29 is 9.53 Å². The molecular formula is C26H40O2. The van der Waals surface area contributed by atoms with Gasteiger partial charge in [0.25, 0.3) is 0 Å². The normalized spacial score (nSPS) is 12.8. The van der Waals surface area contributed by atoms with Gasteiger partial charge in [-0.1, -0.05) is 70.9 Å². The Kier molecular flexibility index (Phi) is 8.88. The highest BCUT2D eigenvalue weighted by Crippen LogP contribution is 2.30. The van der Waals surface area contributed by atoms with Crippen LogP contribution in [-0.2, 0) is 15.6 Å². The number of ether oxygens (including phenoxy) is 1. The van der Waals surface area contributed by atoms with Crippen LogP contribution < -0.4 is 0 Å². The molecule has 0 amide bonds. The molecule has 0 unspecified atom stereocenters. The highest BCUT2D eigenvalue weighted by atomic mass is 16.5. The number of rotatable bonds is 8. The summed E-state index contributed by atoms with van der Waals surface area (Å²) in [7, 11) is 0. The monoisotopic (exact) mass is 384 g/mol. The number of Topliss-reactive ketones (excluding diaryl/α,β-unsaturated/α-hetero) is 1. The van der Waals surface area contributed by atoms with Gasteiger partial charge >= 0.3 is 0 Å². The largest absolute Gasteiger partial charge is 0.369 e. The van der Waals surface area contributed by atoms with Crippen molar-refractivity contribution in [3.63, 3.8) is 0 Å². The summed E-state index contributed by atoms with van der Waals surface area (Å²) < 4.78 is 5.66. The van der Waals surface area contributed by atoms with Crippen molar-refractivity contribution in [3.05, 3.63) is 58.2 Å². The molecule has 0 N–H and O–H groups in total. The quantitative estimate of drug-likeness (QED) is 0.270. The predicted octanol–water partition coefficient (Wildman–Crippen LogP) is 7.17. The summed E-state index contributed by atoms with van der Waals surface area (Å²) in [6, 6.07) is 6.29. The van der Waals surface area contributed by atoms with Crippen molar-refractivity contribution in [2.24, 2.45) is 0 Å². The Hall–Kier alpha value is -1.67. The molecule has 0 atom stereocenters. The zero-order chi connectivity index (χ0) is 21.5. The Morgan fingerprint density at radius 3 is 1.89 bits per heavy atom. The SMILES string of the molecule is CC(C)=CCC/C(C)=C/COCC(=O)c1cc(C(C)(C)C)cc(C(C)(C)C)c1. The maximum absolute atomic E-state index is 12.7. The van der Waals surface area contributed by atoms with Crippen LogP contribution in [0.3, 0.4) is 0 Å². The molecule has 1 aromatic carbocycles. The third kappa shape index (κ3) is 8.56. The van der Waals surface area contributed by atoms with E-state index in [4.69, 9.17) is 4.74 Å². The van der Waals surface area contributed by atoms with Gasteiger partial charge in [0.15, 0.2) is 5.78 Å². The van der Waals surface area contributed by atoms with Crippen LogP contribution in [0.25, 0.3) is 0 Å². The smallest absolute Gasteiger partial charge is 0.188 e. The molecule has 156 valence electrons. The minimum Gasteiger partial charge on any atom is -0.369 e. The lowest BCUT2D eigenvalue weighted by Crippen LogP contribution is -2.19. The average molecular weight is 385 g/mol. The minimum atomic E-state index is 0.00227. The number of carbonyl (C=O) groups is 1. The number of allylic oxidation sites excluding steroid dienone is 3. The van der Waals surface area contributed by atoms with Crippen molar-refractivity contribution in [3.8, 4) is 0 Å². The van der Waals surface area contributed by atoms with Crippen LogP contribution in [0.1, 0.15) is 96.6 Å². The van der Waals surface area contributed by atoms with E-state index in [9.17, 15) is 4.79 Å². The standard InChI is InChI=1S/C26H40O2/c1-19(2)11-10-12-20(3)13-14-28-18-24(27)21-15-22(25(4,5)6)17-23(16-21)26(7,8)9/h11,13,15-17H,10,12,14,18H2,1-9H3/b20-13+. The molecule has 0 bridgehead atoms. The fourth-order valence-corrected chi connectivity index (χ4v) is 2.78. The molecule has 0 aliphatic heterocycles. The molecule has 2 nitrogen and oxygen atoms in total. The number of ketones is 1. The zero-order valence-corrected chi connectivity index (χ0v) is 19.5. The molecule has 2 heteroatoms. The van der Waals surface area contributed by atoms with E-state index in [0.29, 0.717) is 6.61 Å². The maximum atomic E-state index is 12.7. The molecule has 0 aromatic heterocycles. The van der Waals surface area contributed by atoms with E-state index >= 15 is 0 Å². The van der Waals surface area contributed by atoms with E-state index in [1.807, 2.05) is 12.1 Å². The molecule has 0 saturated carbocycles. The van der Waals surface area contributed by atoms with Gasteiger partial charge in [0.05, 0.1) is 6.61 Å².